The number of fused-ring (bicyclic) bond motifs is 3. The number of carbonyl (C=O) groups is 1. The van der Waals surface area contributed by atoms with E-state index in [4.69, 9.17) is 33.7 Å². The first-order chi connectivity index (χ1) is 17.1. The van der Waals surface area contributed by atoms with Crippen molar-refractivity contribution in [1.29, 1.82) is 5.26 Å². The molecule has 0 amide bonds. The van der Waals surface area contributed by atoms with E-state index in [2.05, 4.69) is 17.9 Å². The summed E-state index contributed by atoms with van der Waals surface area (Å²) in [5.74, 6) is 2.56. The van der Waals surface area contributed by atoms with Gasteiger partial charge in [-0.15, -0.1) is 0 Å². The Labute approximate surface area is 210 Å². The fraction of sp³-hybridized carbons (Fsp3) is 0.429. The Kier molecular flexibility index (Phi) is 6.12. The highest BCUT2D eigenvalue weighted by Gasteiger charge is 2.66. The van der Waals surface area contributed by atoms with Crippen LogP contribution in [0.15, 0.2) is 48.5 Å². The number of hydrogen-bond donors (Lipinski definition) is 0. The van der Waals surface area contributed by atoms with E-state index in [-0.39, 0.29) is 19.3 Å². The monoisotopic (exact) mass is 489 g/mol. The van der Waals surface area contributed by atoms with Gasteiger partial charge in [0, 0.05) is 11.1 Å². The second-order valence-corrected chi connectivity index (χ2v) is 9.89. The molecule has 0 aromatic heterocycles. The zero-order valence-corrected chi connectivity index (χ0v) is 20.6. The van der Waals surface area contributed by atoms with Crippen molar-refractivity contribution in [2.75, 3.05) is 13.2 Å². The molecule has 0 bridgehead atoms. The highest BCUT2D eigenvalue weighted by molar-refractivity contribution is 5.89. The van der Waals surface area contributed by atoms with Crippen molar-refractivity contribution in [3.8, 4) is 17.9 Å². The van der Waals surface area contributed by atoms with Crippen LogP contribution in [0.5, 0.6) is 0 Å². The van der Waals surface area contributed by atoms with Crippen LogP contribution in [0.2, 0.25) is 0 Å². The van der Waals surface area contributed by atoms with Gasteiger partial charge in [0.05, 0.1) is 23.8 Å². The highest BCUT2D eigenvalue weighted by Crippen LogP contribution is 2.47. The summed E-state index contributed by atoms with van der Waals surface area (Å²) in [7, 11) is 0. The lowest BCUT2D eigenvalue weighted by Gasteiger charge is -2.40. The Hall–Kier alpha value is -3.24. The highest BCUT2D eigenvalue weighted by atomic mass is 16.9. The van der Waals surface area contributed by atoms with Crippen LogP contribution in [0.25, 0.3) is 0 Å². The van der Waals surface area contributed by atoms with Gasteiger partial charge in [0.25, 0.3) is 0 Å². The van der Waals surface area contributed by atoms with E-state index in [0.29, 0.717) is 11.1 Å². The average molecular weight is 490 g/mol. The quantitative estimate of drug-likeness (QED) is 0.477. The van der Waals surface area contributed by atoms with Crippen molar-refractivity contribution in [2.24, 2.45) is 0 Å². The molecule has 0 unspecified atom stereocenters. The van der Waals surface area contributed by atoms with Gasteiger partial charge in [0.15, 0.2) is 11.6 Å². The zero-order valence-electron chi connectivity index (χ0n) is 20.6. The summed E-state index contributed by atoms with van der Waals surface area (Å²) in [6, 6.07) is 15.9. The Balaban J connectivity index is 1.25. The molecule has 0 saturated carbocycles. The maximum atomic E-state index is 12.8. The molecule has 8 nitrogen and oxygen atoms in total. The maximum absolute atomic E-state index is 12.8. The van der Waals surface area contributed by atoms with Gasteiger partial charge in [0.1, 0.15) is 24.9 Å². The molecule has 5 rings (SSSR count). The number of carbonyl (C=O) groups excluding carboxylic acids is 1. The first kappa shape index (κ1) is 24.5. The first-order valence-corrected chi connectivity index (χ1v) is 11.8. The smallest absolute Gasteiger partial charge is 0.338 e. The number of nitrogens with zero attached hydrogens (tertiary/aromatic N) is 1. The van der Waals surface area contributed by atoms with Crippen molar-refractivity contribution in [3.05, 3.63) is 70.8 Å². The molecule has 3 fully saturated rings. The molecule has 3 aliphatic heterocycles. The molecule has 0 N–H and O–H groups in total. The van der Waals surface area contributed by atoms with Crippen molar-refractivity contribution in [3.63, 3.8) is 0 Å². The molecule has 36 heavy (non-hydrogen) atoms. The van der Waals surface area contributed by atoms with E-state index >= 15 is 0 Å². The number of nitriles is 1. The summed E-state index contributed by atoms with van der Waals surface area (Å²) >= 11 is 0. The van der Waals surface area contributed by atoms with Gasteiger partial charge in [-0.1, -0.05) is 11.8 Å². The maximum Gasteiger partial charge on any atom is 0.338 e. The predicted octanol–water partition coefficient (Wildman–Crippen LogP) is 3.51. The minimum atomic E-state index is -1.30. The van der Waals surface area contributed by atoms with Crippen LogP contribution >= 0.6 is 0 Å². The van der Waals surface area contributed by atoms with Gasteiger partial charge in [-0.3, -0.25) is 0 Å². The molecule has 0 aliphatic carbocycles. The Bertz CT molecular complexity index is 1250. The molecule has 2 aromatic carbocycles. The molecule has 4 atom stereocenters. The molecule has 186 valence electrons. The van der Waals surface area contributed by atoms with Gasteiger partial charge in [-0.25, -0.2) is 4.79 Å². The van der Waals surface area contributed by atoms with Gasteiger partial charge in [-0.05, 0) is 76.2 Å². The predicted molar refractivity (Wildman–Crippen MR) is 126 cm³/mol. The standard InChI is InChI=1S/C28H27NO7/c1-26(2)33-22-16-32-28(24(23(22)34-26)35-27(3,4)36-28)17-31-25(30)21-13-11-19(12-14-21)6-5-18-7-9-20(15-29)10-8-18/h7-14,22-24H,16-17H2,1-4H3/t22-,23-,24+,28+/m1/s1. The van der Waals surface area contributed by atoms with E-state index < -0.39 is 35.5 Å². The minimum absolute atomic E-state index is 0.160. The Morgan fingerprint density at radius 2 is 1.53 bits per heavy atom. The van der Waals surface area contributed by atoms with Gasteiger partial charge >= 0.3 is 5.97 Å². The molecule has 0 spiro atoms. The van der Waals surface area contributed by atoms with Crippen LogP contribution in [0.4, 0.5) is 0 Å². The summed E-state index contributed by atoms with van der Waals surface area (Å²) in [5, 5.41) is 8.89. The number of ether oxygens (including phenoxy) is 6. The first-order valence-electron chi connectivity index (χ1n) is 11.8. The van der Waals surface area contributed by atoms with Crippen molar-refractivity contribution >= 4 is 5.97 Å². The fourth-order valence-corrected chi connectivity index (χ4v) is 4.66. The number of rotatable bonds is 3. The molecule has 0 radical (unpaired) electrons. The summed E-state index contributed by atoms with van der Waals surface area (Å²) < 4.78 is 35.9. The van der Waals surface area contributed by atoms with Gasteiger partial charge in [0.2, 0.25) is 5.79 Å². The SMILES string of the molecule is CC1(C)O[C@@H]2[C@@H](CO[C@@]3(COC(=O)c4ccc(C#Cc5ccc(C#N)cc5)cc4)OC(C)(C)O[C@@H]23)O1. The summed E-state index contributed by atoms with van der Waals surface area (Å²) in [6.45, 7) is 7.32. The van der Waals surface area contributed by atoms with E-state index in [0.717, 1.165) is 11.1 Å². The van der Waals surface area contributed by atoms with E-state index in [1.165, 1.54) is 0 Å². The number of esters is 1. The van der Waals surface area contributed by atoms with Gasteiger partial charge in [-0.2, -0.15) is 5.26 Å². The lowest BCUT2D eigenvalue weighted by Crippen LogP contribution is -2.60. The second kappa shape index (κ2) is 9.01. The second-order valence-electron chi connectivity index (χ2n) is 9.89. The van der Waals surface area contributed by atoms with E-state index in [9.17, 15) is 4.79 Å². The summed E-state index contributed by atoms with van der Waals surface area (Å²) in [5.41, 5.74) is 2.49. The van der Waals surface area contributed by atoms with Crippen LogP contribution in [0.1, 0.15) is 54.7 Å². The van der Waals surface area contributed by atoms with E-state index in [1.54, 1.807) is 62.4 Å². The van der Waals surface area contributed by atoms with Gasteiger partial charge < -0.3 is 28.4 Å². The van der Waals surface area contributed by atoms with Crippen LogP contribution < -0.4 is 0 Å². The topological polar surface area (TPSA) is 96.2 Å². The van der Waals surface area contributed by atoms with Crippen molar-refractivity contribution in [2.45, 2.75) is 63.4 Å². The number of hydrogen-bond acceptors (Lipinski definition) is 8. The number of benzene rings is 2. The average Bonchev–Trinajstić information content (AvgIpc) is 3.33. The molecule has 3 heterocycles. The van der Waals surface area contributed by atoms with Crippen molar-refractivity contribution in [1.82, 2.24) is 0 Å². The summed E-state index contributed by atoms with van der Waals surface area (Å²) in [4.78, 5) is 12.8. The third-order valence-corrected chi connectivity index (χ3v) is 6.16. The third kappa shape index (κ3) is 4.87. The van der Waals surface area contributed by atoms with Crippen LogP contribution in [0, 0.1) is 23.2 Å². The lowest BCUT2D eigenvalue weighted by molar-refractivity contribution is -0.293. The molecule has 3 saturated heterocycles. The Morgan fingerprint density at radius 1 is 0.917 bits per heavy atom. The molecular weight excluding hydrogens is 462 g/mol. The summed E-state index contributed by atoms with van der Waals surface area (Å²) in [6.07, 6.45) is -1.34. The third-order valence-electron chi connectivity index (χ3n) is 6.16. The Morgan fingerprint density at radius 3 is 2.17 bits per heavy atom. The molecule has 8 heteroatoms. The van der Waals surface area contributed by atoms with Crippen LogP contribution in [-0.2, 0) is 28.4 Å². The van der Waals surface area contributed by atoms with Crippen molar-refractivity contribution < 1.29 is 33.2 Å². The normalized spacial score (nSPS) is 29.2. The van der Waals surface area contributed by atoms with Crippen LogP contribution in [0.3, 0.4) is 0 Å². The fourth-order valence-electron chi connectivity index (χ4n) is 4.66. The lowest BCUT2D eigenvalue weighted by atomic mass is 9.97. The zero-order chi connectivity index (χ0) is 25.6. The largest absolute Gasteiger partial charge is 0.456 e. The molecule has 2 aromatic rings. The van der Waals surface area contributed by atoms with Crippen LogP contribution in [-0.4, -0.2) is 54.9 Å². The molecule has 3 aliphatic rings. The molecular formula is C28H27NO7. The van der Waals surface area contributed by atoms with E-state index in [1.807, 2.05) is 13.8 Å². The minimum Gasteiger partial charge on any atom is -0.456 e.